The van der Waals surface area contributed by atoms with Gasteiger partial charge in [0.25, 0.3) is 0 Å². The van der Waals surface area contributed by atoms with E-state index in [0.29, 0.717) is 18.2 Å². The van der Waals surface area contributed by atoms with Crippen molar-refractivity contribution in [2.45, 2.75) is 38.4 Å². The van der Waals surface area contributed by atoms with Gasteiger partial charge in [-0.25, -0.2) is 0 Å². The van der Waals surface area contributed by atoms with Crippen molar-refractivity contribution in [2.75, 3.05) is 39.3 Å². The molecule has 2 atom stereocenters. The zero-order valence-electron chi connectivity index (χ0n) is 20.9. The van der Waals surface area contributed by atoms with Crippen LogP contribution in [0.4, 0.5) is 0 Å². The maximum atomic E-state index is 12.6. The molecular formula is C30H38N2O3. The monoisotopic (exact) mass is 474 g/mol. The van der Waals surface area contributed by atoms with E-state index in [2.05, 4.69) is 29.0 Å². The largest absolute Gasteiger partial charge is 0.507 e. The van der Waals surface area contributed by atoms with Crippen LogP contribution in [0.2, 0.25) is 0 Å². The van der Waals surface area contributed by atoms with Crippen LogP contribution in [0, 0.1) is 12.8 Å². The second kappa shape index (κ2) is 11.8. The number of phenolic OH excluding ortho intramolecular Hbond substituents is 1. The summed E-state index contributed by atoms with van der Waals surface area (Å²) < 4.78 is 6.75. The number of phenols is 1. The van der Waals surface area contributed by atoms with Gasteiger partial charge in [-0.3, -0.25) is 14.6 Å². The highest BCUT2D eigenvalue weighted by Gasteiger charge is 2.36. The molecule has 0 unspecified atom stereocenters. The van der Waals surface area contributed by atoms with Crippen LogP contribution in [0.1, 0.15) is 46.0 Å². The SMILES string of the molecule is C=CCN(CC=C)C[C@@H]1O[C@H](C2CCN(CC(=O)c3ccccc3)CC2)Cc2c1ccc(C)c2O. The number of piperidine rings is 1. The van der Waals surface area contributed by atoms with Crippen LogP contribution in [0.15, 0.2) is 67.8 Å². The van der Waals surface area contributed by atoms with Gasteiger partial charge in [0.1, 0.15) is 5.75 Å². The summed E-state index contributed by atoms with van der Waals surface area (Å²) in [6, 6.07) is 13.6. The average molecular weight is 475 g/mol. The number of Topliss-reactive ketones (excluding diaryl/α,β-unsaturated/α-hetero) is 1. The molecule has 0 aliphatic carbocycles. The Morgan fingerprint density at radius 2 is 1.80 bits per heavy atom. The fraction of sp³-hybridized carbons (Fsp3) is 0.433. The molecule has 5 heteroatoms. The van der Waals surface area contributed by atoms with Gasteiger partial charge in [-0.15, -0.1) is 13.2 Å². The molecule has 0 saturated carbocycles. The number of ether oxygens (including phenoxy) is 1. The minimum atomic E-state index is -0.104. The number of rotatable bonds is 10. The van der Waals surface area contributed by atoms with E-state index < -0.39 is 0 Å². The summed E-state index contributed by atoms with van der Waals surface area (Å²) in [6.45, 7) is 14.2. The number of aromatic hydroxyl groups is 1. The molecule has 0 bridgehead atoms. The number of hydrogen-bond donors (Lipinski definition) is 1. The van der Waals surface area contributed by atoms with Crippen LogP contribution < -0.4 is 0 Å². The average Bonchev–Trinajstić information content (AvgIpc) is 2.87. The molecule has 0 amide bonds. The highest BCUT2D eigenvalue weighted by atomic mass is 16.5. The molecule has 1 N–H and O–H groups in total. The summed E-state index contributed by atoms with van der Waals surface area (Å²) in [5.41, 5.74) is 3.81. The summed E-state index contributed by atoms with van der Waals surface area (Å²) in [4.78, 5) is 17.2. The van der Waals surface area contributed by atoms with Crippen molar-refractivity contribution in [1.29, 1.82) is 0 Å². The third kappa shape index (κ3) is 6.10. The molecule has 4 rings (SSSR count). The van der Waals surface area contributed by atoms with Gasteiger partial charge in [0, 0.05) is 37.2 Å². The number of aryl methyl sites for hydroxylation is 1. The third-order valence-corrected chi connectivity index (χ3v) is 7.43. The van der Waals surface area contributed by atoms with Crippen molar-refractivity contribution in [3.8, 4) is 5.75 Å². The van der Waals surface area contributed by atoms with Crippen LogP contribution in [0.3, 0.4) is 0 Å². The fourth-order valence-corrected chi connectivity index (χ4v) is 5.46. The van der Waals surface area contributed by atoms with E-state index in [1.54, 1.807) is 0 Å². The van der Waals surface area contributed by atoms with Gasteiger partial charge in [0.05, 0.1) is 18.8 Å². The minimum Gasteiger partial charge on any atom is -0.507 e. The number of benzene rings is 2. The first-order valence-electron chi connectivity index (χ1n) is 12.7. The van der Waals surface area contributed by atoms with Crippen molar-refractivity contribution < 1.29 is 14.6 Å². The molecule has 1 fully saturated rings. The Hall–Kier alpha value is -2.73. The molecule has 2 aliphatic heterocycles. The first-order chi connectivity index (χ1) is 17.0. The quantitative estimate of drug-likeness (QED) is 0.390. The summed E-state index contributed by atoms with van der Waals surface area (Å²) >= 11 is 0. The summed E-state index contributed by atoms with van der Waals surface area (Å²) in [6.07, 6.45) is 6.48. The smallest absolute Gasteiger partial charge is 0.176 e. The lowest BCUT2D eigenvalue weighted by molar-refractivity contribution is -0.0772. The Kier molecular flexibility index (Phi) is 8.55. The lowest BCUT2D eigenvalue weighted by Crippen LogP contribution is -2.44. The molecule has 0 spiro atoms. The molecule has 186 valence electrons. The Bertz CT molecular complexity index is 1020. The number of hydrogen-bond acceptors (Lipinski definition) is 5. The van der Waals surface area contributed by atoms with Gasteiger partial charge in [0.15, 0.2) is 5.78 Å². The minimum absolute atomic E-state index is 0.0569. The zero-order chi connectivity index (χ0) is 24.8. The molecular weight excluding hydrogens is 436 g/mol. The highest BCUT2D eigenvalue weighted by molar-refractivity contribution is 5.97. The number of carbonyl (C=O) groups is 1. The van der Waals surface area contributed by atoms with E-state index >= 15 is 0 Å². The second-order valence-electron chi connectivity index (χ2n) is 9.86. The van der Waals surface area contributed by atoms with Crippen LogP contribution in [-0.4, -0.2) is 66.1 Å². The van der Waals surface area contributed by atoms with Crippen LogP contribution >= 0.6 is 0 Å². The highest BCUT2D eigenvalue weighted by Crippen LogP contribution is 2.41. The van der Waals surface area contributed by atoms with Gasteiger partial charge >= 0.3 is 0 Å². The molecule has 2 aromatic carbocycles. The van der Waals surface area contributed by atoms with Gasteiger partial charge in [-0.1, -0.05) is 54.6 Å². The van der Waals surface area contributed by atoms with E-state index in [0.717, 1.165) is 74.2 Å². The predicted molar refractivity (Wildman–Crippen MR) is 141 cm³/mol. The number of likely N-dealkylation sites (tertiary alicyclic amines) is 1. The Morgan fingerprint density at radius 1 is 1.11 bits per heavy atom. The molecule has 0 aromatic heterocycles. The van der Waals surface area contributed by atoms with Crippen molar-refractivity contribution >= 4 is 5.78 Å². The maximum Gasteiger partial charge on any atom is 0.176 e. The van der Waals surface area contributed by atoms with Crippen LogP contribution in [-0.2, 0) is 11.2 Å². The fourth-order valence-electron chi connectivity index (χ4n) is 5.46. The number of nitrogens with zero attached hydrogens (tertiary/aromatic N) is 2. The normalized spacial score (nSPS) is 21.0. The van der Waals surface area contributed by atoms with Crippen molar-refractivity contribution in [1.82, 2.24) is 9.80 Å². The number of fused-ring (bicyclic) bond motifs is 1. The molecule has 5 nitrogen and oxygen atoms in total. The van der Waals surface area contributed by atoms with Gasteiger partial charge in [-0.05, 0) is 49.9 Å². The van der Waals surface area contributed by atoms with E-state index in [-0.39, 0.29) is 18.0 Å². The molecule has 35 heavy (non-hydrogen) atoms. The molecule has 0 radical (unpaired) electrons. The number of carbonyl (C=O) groups excluding carboxylic acids is 1. The van der Waals surface area contributed by atoms with Crippen molar-refractivity contribution in [3.63, 3.8) is 0 Å². The Labute approximate surface area is 209 Å². The predicted octanol–water partition coefficient (Wildman–Crippen LogP) is 4.95. The molecule has 2 aromatic rings. The maximum absolute atomic E-state index is 12.6. The molecule has 1 saturated heterocycles. The van der Waals surface area contributed by atoms with Crippen molar-refractivity contribution in [3.05, 3.63) is 90.0 Å². The van der Waals surface area contributed by atoms with Gasteiger partial charge < -0.3 is 9.84 Å². The standard InChI is InChI=1S/C30H38N2O3/c1-4-15-31(16-5-2)21-29-25-12-11-22(3)30(34)26(25)19-28(35-29)24-13-17-32(18-14-24)20-27(33)23-9-7-6-8-10-23/h4-12,24,28-29,34H,1-2,13-21H2,3H3/t28-,29-/m0/s1. The zero-order valence-corrected chi connectivity index (χ0v) is 20.9. The third-order valence-electron chi connectivity index (χ3n) is 7.43. The first-order valence-corrected chi connectivity index (χ1v) is 12.7. The van der Waals surface area contributed by atoms with E-state index in [9.17, 15) is 9.90 Å². The summed E-state index contributed by atoms with van der Waals surface area (Å²) in [5.74, 6) is 0.989. The Morgan fingerprint density at radius 3 is 2.46 bits per heavy atom. The second-order valence-corrected chi connectivity index (χ2v) is 9.86. The van der Waals surface area contributed by atoms with E-state index in [1.165, 1.54) is 0 Å². The van der Waals surface area contributed by atoms with E-state index in [4.69, 9.17) is 4.74 Å². The summed E-state index contributed by atoms with van der Waals surface area (Å²) in [7, 11) is 0. The molecule has 2 aliphatic rings. The van der Waals surface area contributed by atoms with Gasteiger partial charge in [-0.2, -0.15) is 0 Å². The van der Waals surface area contributed by atoms with E-state index in [1.807, 2.05) is 55.5 Å². The Balaban J connectivity index is 1.44. The topological polar surface area (TPSA) is 53.0 Å². The van der Waals surface area contributed by atoms with Crippen molar-refractivity contribution in [2.24, 2.45) is 5.92 Å². The summed E-state index contributed by atoms with van der Waals surface area (Å²) in [5, 5.41) is 10.9. The molecule has 2 heterocycles. The number of ketones is 1. The van der Waals surface area contributed by atoms with Crippen LogP contribution in [0.25, 0.3) is 0 Å². The van der Waals surface area contributed by atoms with Gasteiger partial charge in [0.2, 0.25) is 0 Å². The lowest BCUT2D eigenvalue weighted by Gasteiger charge is -2.41. The lowest BCUT2D eigenvalue weighted by atomic mass is 9.82. The van der Waals surface area contributed by atoms with Crippen LogP contribution in [0.5, 0.6) is 5.75 Å². The first kappa shape index (κ1) is 25.4.